The van der Waals surface area contributed by atoms with Gasteiger partial charge in [0.1, 0.15) is 5.82 Å². The first kappa shape index (κ1) is 26.6. The number of ether oxygens (including phenoxy) is 1. The molecule has 34 heavy (non-hydrogen) atoms. The van der Waals surface area contributed by atoms with Gasteiger partial charge in [0.25, 0.3) is 0 Å². The fourth-order valence-electron chi connectivity index (χ4n) is 4.37. The van der Waals surface area contributed by atoms with Crippen LogP contribution in [0, 0.1) is 11.7 Å². The Morgan fingerprint density at radius 1 is 1.24 bits per heavy atom. The van der Waals surface area contributed by atoms with Crippen molar-refractivity contribution >= 4 is 17.6 Å². The molecule has 0 spiro atoms. The molecule has 1 aliphatic rings. The molecule has 2 aromatic carbocycles. The van der Waals surface area contributed by atoms with E-state index in [0.717, 1.165) is 24.5 Å². The van der Waals surface area contributed by atoms with Gasteiger partial charge in [0, 0.05) is 36.7 Å². The smallest absolute Gasteiger partial charge is 0.337 e. The maximum absolute atomic E-state index is 13.2. The first-order valence-electron chi connectivity index (χ1n) is 11.6. The van der Waals surface area contributed by atoms with Crippen LogP contribution in [0.5, 0.6) is 0 Å². The van der Waals surface area contributed by atoms with Gasteiger partial charge in [0.05, 0.1) is 12.2 Å². The Bertz CT molecular complexity index is 939. The van der Waals surface area contributed by atoms with Gasteiger partial charge in [-0.1, -0.05) is 42.8 Å². The molecule has 3 rings (SSSR count). The predicted octanol–water partition coefficient (Wildman–Crippen LogP) is 4.26. The SMILES string of the molecule is C[C@@H]1C[C@H](NC[C@](C)(O)COC(C(=O)O)c2ccc(F)cc2)[C@@H](C)CN1Cc1ccc(Cl)cc1. The minimum atomic E-state index is -1.28. The lowest BCUT2D eigenvalue weighted by molar-refractivity contribution is -0.155. The van der Waals surface area contributed by atoms with Crippen molar-refractivity contribution in [3.8, 4) is 0 Å². The largest absolute Gasteiger partial charge is 0.479 e. The van der Waals surface area contributed by atoms with E-state index in [9.17, 15) is 19.4 Å². The van der Waals surface area contributed by atoms with E-state index in [1.165, 1.54) is 29.8 Å². The molecule has 0 aromatic heterocycles. The third-order valence-electron chi connectivity index (χ3n) is 6.43. The Morgan fingerprint density at radius 3 is 2.50 bits per heavy atom. The van der Waals surface area contributed by atoms with Crippen LogP contribution in [0.1, 0.15) is 44.4 Å². The summed E-state index contributed by atoms with van der Waals surface area (Å²) in [5.41, 5.74) is 0.286. The van der Waals surface area contributed by atoms with E-state index in [0.29, 0.717) is 17.5 Å². The second-order valence-electron chi connectivity index (χ2n) is 9.68. The molecular formula is C26H34ClFN2O4. The first-order chi connectivity index (χ1) is 16.0. The highest BCUT2D eigenvalue weighted by Crippen LogP contribution is 2.25. The number of hydrogen-bond acceptors (Lipinski definition) is 5. The van der Waals surface area contributed by atoms with E-state index in [1.807, 2.05) is 12.1 Å². The molecule has 1 saturated heterocycles. The van der Waals surface area contributed by atoms with Crippen LogP contribution in [0.2, 0.25) is 5.02 Å². The van der Waals surface area contributed by atoms with Crippen molar-refractivity contribution in [2.45, 2.75) is 57.5 Å². The Balaban J connectivity index is 1.51. The summed E-state index contributed by atoms with van der Waals surface area (Å²) in [6, 6.07) is 13.6. The minimum Gasteiger partial charge on any atom is -0.479 e. The Morgan fingerprint density at radius 2 is 1.88 bits per heavy atom. The predicted molar refractivity (Wildman–Crippen MR) is 130 cm³/mol. The van der Waals surface area contributed by atoms with E-state index in [1.54, 1.807) is 6.92 Å². The van der Waals surface area contributed by atoms with Crippen LogP contribution in [0.4, 0.5) is 4.39 Å². The van der Waals surface area contributed by atoms with E-state index in [4.69, 9.17) is 16.3 Å². The molecule has 2 aromatic rings. The van der Waals surface area contributed by atoms with Crippen molar-refractivity contribution in [1.82, 2.24) is 10.2 Å². The van der Waals surface area contributed by atoms with Crippen LogP contribution in [-0.2, 0) is 16.1 Å². The van der Waals surface area contributed by atoms with Crippen molar-refractivity contribution in [1.29, 1.82) is 0 Å². The van der Waals surface area contributed by atoms with E-state index < -0.39 is 23.5 Å². The summed E-state index contributed by atoms with van der Waals surface area (Å²) in [4.78, 5) is 14.1. The zero-order valence-corrected chi connectivity index (χ0v) is 20.6. The van der Waals surface area contributed by atoms with Crippen molar-refractivity contribution < 1.29 is 24.1 Å². The highest BCUT2D eigenvalue weighted by molar-refractivity contribution is 6.30. The number of hydrogen-bond donors (Lipinski definition) is 3. The molecule has 8 heteroatoms. The quantitative estimate of drug-likeness (QED) is 0.459. The fraction of sp³-hybridized carbons (Fsp3) is 0.500. The molecule has 1 unspecified atom stereocenters. The van der Waals surface area contributed by atoms with Gasteiger partial charge in [0.2, 0.25) is 0 Å². The number of carbonyl (C=O) groups is 1. The molecule has 0 aliphatic carbocycles. The molecule has 1 aliphatic heterocycles. The minimum absolute atomic E-state index is 0.173. The highest BCUT2D eigenvalue weighted by atomic mass is 35.5. The Kier molecular flexibility index (Phi) is 9.07. The van der Waals surface area contributed by atoms with Gasteiger partial charge in [0.15, 0.2) is 6.10 Å². The average Bonchev–Trinajstić information content (AvgIpc) is 2.77. The zero-order chi connectivity index (χ0) is 24.9. The first-order valence-corrected chi connectivity index (χ1v) is 12.0. The number of likely N-dealkylation sites (tertiary alicyclic amines) is 1. The average molecular weight is 493 g/mol. The number of halogens is 2. The number of aliphatic carboxylic acids is 1. The number of carboxylic acids is 1. The van der Waals surface area contributed by atoms with Crippen LogP contribution in [0.15, 0.2) is 48.5 Å². The number of piperidine rings is 1. The molecular weight excluding hydrogens is 459 g/mol. The molecule has 3 N–H and O–H groups in total. The number of nitrogens with one attached hydrogen (secondary N) is 1. The summed E-state index contributed by atoms with van der Waals surface area (Å²) in [6.07, 6.45) is -0.346. The monoisotopic (exact) mass is 492 g/mol. The van der Waals surface area contributed by atoms with Crippen LogP contribution in [0.25, 0.3) is 0 Å². The zero-order valence-electron chi connectivity index (χ0n) is 19.9. The van der Waals surface area contributed by atoms with E-state index in [-0.39, 0.29) is 19.2 Å². The maximum atomic E-state index is 13.2. The molecule has 5 atom stereocenters. The Labute approximate surface area is 205 Å². The summed E-state index contributed by atoms with van der Waals surface area (Å²) < 4.78 is 18.7. The van der Waals surface area contributed by atoms with Gasteiger partial charge in [-0.15, -0.1) is 0 Å². The number of benzene rings is 2. The van der Waals surface area contributed by atoms with Crippen molar-refractivity contribution in [3.63, 3.8) is 0 Å². The lowest BCUT2D eigenvalue weighted by Gasteiger charge is -2.43. The van der Waals surface area contributed by atoms with Crippen LogP contribution >= 0.6 is 11.6 Å². The highest BCUT2D eigenvalue weighted by Gasteiger charge is 2.33. The lowest BCUT2D eigenvalue weighted by Crippen LogP contribution is -2.55. The molecule has 186 valence electrons. The van der Waals surface area contributed by atoms with Gasteiger partial charge in [-0.3, -0.25) is 4.90 Å². The van der Waals surface area contributed by atoms with Crippen LogP contribution < -0.4 is 5.32 Å². The number of carboxylic acid groups (broad SMARTS) is 1. The maximum Gasteiger partial charge on any atom is 0.337 e. The summed E-state index contributed by atoms with van der Waals surface area (Å²) in [6.45, 7) is 7.89. The van der Waals surface area contributed by atoms with Gasteiger partial charge in [-0.05, 0) is 61.6 Å². The summed E-state index contributed by atoms with van der Waals surface area (Å²) >= 11 is 5.99. The molecule has 0 bridgehead atoms. The van der Waals surface area contributed by atoms with E-state index in [2.05, 4.69) is 36.2 Å². The van der Waals surface area contributed by atoms with Crippen molar-refractivity contribution in [2.24, 2.45) is 5.92 Å². The molecule has 1 heterocycles. The summed E-state index contributed by atoms with van der Waals surface area (Å²) in [7, 11) is 0. The third kappa shape index (κ3) is 7.48. The van der Waals surface area contributed by atoms with Crippen LogP contribution in [0.3, 0.4) is 0 Å². The normalized spacial score (nSPS) is 23.9. The molecule has 0 radical (unpaired) electrons. The fourth-order valence-corrected chi connectivity index (χ4v) is 4.49. The third-order valence-corrected chi connectivity index (χ3v) is 6.68. The van der Waals surface area contributed by atoms with Gasteiger partial charge in [-0.2, -0.15) is 0 Å². The molecule has 0 amide bonds. The van der Waals surface area contributed by atoms with Crippen molar-refractivity contribution in [2.75, 3.05) is 19.7 Å². The van der Waals surface area contributed by atoms with Gasteiger partial charge < -0.3 is 20.3 Å². The van der Waals surface area contributed by atoms with Crippen molar-refractivity contribution in [3.05, 3.63) is 70.5 Å². The summed E-state index contributed by atoms with van der Waals surface area (Å²) in [5, 5.41) is 24.5. The van der Waals surface area contributed by atoms with Gasteiger partial charge in [-0.25, -0.2) is 9.18 Å². The lowest BCUT2D eigenvalue weighted by atomic mass is 9.88. The second-order valence-corrected chi connectivity index (χ2v) is 10.1. The Hall–Kier alpha value is -2.03. The topological polar surface area (TPSA) is 82.0 Å². The molecule has 1 fully saturated rings. The molecule has 0 saturated carbocycles. The summed E-state index contributed by atoms with van der Waals surface area (Å²) in [5.74, 6) is -1.27. The molecule has 6 nitrogen and oxygen atoms in total. The number of aliphatic hydroxyl groups is 1. The standard InChI is InChI=1S/C26H34ClFN2O4/c1-17-13-30(14-19-4-8-21(27)9-5-19)18(2)12-23(17)29-15-26(3,33)16-34-24(25(31)32)20-6-10-22(28)11-7-20/h4-11,17-18,23-24,29,33H,12-16H2,1-3H3,(H,31,32)/t17-,18+,23-,24?,26-/m0/s1. The second kappa shape index (κ2) is 11.6. The van der Waals surface area contributed by atoms with E-state index >= 15 is 0 Å². The van der Waals surface area contributed by atoms with Gasteiger partial charge >= 0.3 is 5.97 Å². The van der Waals surface area contributed by atoms with Crippen LogP contribution in [-0.4, -0.2) is 58.5 Å². The number of rotatable bonds is 10. The number of nitrogens with zero attached hydrogens (tertiary/aromatic N) is 1.